The van der Waals surface area contributed by atoms with E-state index in [-0.39, 0.29) is 18.3 Å². The van der Waals surface area contributed by atoms with Crippen LogP contribution in [0.5, 0.6) is 5.75 Å². The standard InChI is InChI=1S/C20H21FN4O3/c21-14-1-4-16(5-2-14)28-13-20(26)22-15-3-6-17-18(11-15)24-19(23-17)12-25-7-9-27-10-8-25/h1-6,11H,7-10,12-13H2,(H,22,26)(H,23,24). The third kappa shape index (κ3) is 4.65. The highest BCUT2D eigenvalue weighted by atomic mass is 19.1. The number of imidazole rings is 1. The Labute approximate surface area is 161 Å². The second-order valence-corrected chi connectivity index (χ2v) is 6.59. The lowest BCUT2D eigenvalue weighted by molar-refractivity contribution is -0.118. The van der Waals surface area contributed by atoms with Gasteiger partial charge in [-0.05, 0) is 42.5 Å². The fourth-order valence-corrected chi connectivity index (χ4v) is 3.06. The van der Waals surface area contributed by atoms with E-state index in [4.69, 9.17) is 9.47 Å². The maximum Gasteiger partial charge on any atom is 0.262 e. The number of nitrogens with zero attached hydrogens (tertiary/aromatic N) is 2. The molecule has 1 fully saturated rings. The second kappa shape index (κ2) is 8.37. The first-order chi connectivity index (χ1) is 13.7. The summed E-state index contributed by atoms with van der Waals surface area (Å²) in [6.07, 6.45) is 0. The van der Waals surface area contributed by atoms with Crippen LogP contribution in [-0.2, 0) is 16.1 Å². The summed E-state index contributed by atoms with van der Waals surface area (Å²) in [4.78, 5) is 22.3. The molecule has 1 amide bonds. The van der Waals surface area contributed by atoms with Gasteiger partial charge in [-0.1, -0.05) is 0 Å². The normalized spacial score (nSPS) is 14.9. The Kier molecular flexibility index (Phi) is 5.50. The average Bonchev–Trinajstić information content (AvgIpc) is 3.10. The van der Waals surface area contributed by atoms with Crippen molar-refractivity contribution in [2.75, 3.05) is 38.2 Å². The number of fused-ring (bicyclic) bond motifs is 1. The Bertz CT molecular complexity index is 952. The molecule has 8 heteroatoms. The lowest BCUT2D eigenvalue weighted by Crippen LogP contribution is -2.35. The van der Waals surface area contributed by atoms with Crippen LogP contribution >= 0.6 is 0 Å². The number of amides is 1. The van der Waals surface area contributed by atoms with Gasteiger partial charge in [-0.15, -0.1) is 0 Å². The quantitative estimate of drug-likeness (QED) is 0.683. The molecule has 3 aromatic rings. The second-order valence-electron chi connectivity index (χ2n) is 6.59. The maximum absolute atomic E-state index is 12.9. The van der Waals surface area contributed by atoms with Crippen LogP contribution in [0.1, 0.15) is 5.82 Å². The van der Waals surface area contributed by atoms with Crippen molar-refractivity contribution in [1.82, 2.24) is 14.9 Å². The van der Waals surface area contributed by atoms with Crippen molar-refractivity contribution in [1.29, 1.82) is 0 Å². The third-order valence-electron chi connectivity index (χ3n) is 4.48. The molecule has 2 heterocycles. The zero-order valence-corrected chi connectivity index (χ0v) is 15.3. The number of hydrogen-bond acceptors (Lipinski definition) is 5. The number of hydrogen-bond donors (Lipinski definition) is 2. The van der Waals surface area contributed by atoms with Crippen molar-refractivity contribution in [2.45, 2.75) is 6.54 Å². The number of aromatic nitrogens is 2. The Morgan fingerprint density at radius 2 is 2.00 bits per heavy atom. The van der Waals surface area contributed by atoms with Gasteiger partial charge in [-0.2, -0.15) is 0 Å². The molecule has 146 valence electrons. The molecule has 1 saturated heterocycles. The van der Waals surface area contributed by atoms with E-state index in [9.17, 15) is 9.18 Å². The van der Waals surface area contributed by atoms with Crippen molar-refractivity contribution in [3.8, 4) is 5.75 Å². The number of nitrogens with one attached hydrogen (secondary N) is 2. The number of ether oxygens (including phenoxy) is 2. The summed E-state index contributed by atoms with van der Waals surface area (Å²) in [5.41, 5.74) is 2.37. The van der Waals surface area contributed by atoms with Crippen molar-refractivity contribution in [3.63, 3.8) is 0 Å². The van der Waals surface area contributed by atoms with Crippen LogP contribution in [-0.4, -0.2) is 53.7 Å². The molecule has 1 aliphatic heterocycles. The van der Waals surface area contributed by atoms with Gasteiger partial charge >= 0.3 is 0 Å². The fourth-order valence-electron chi connectivity index (χ4n) is 3.06. The minimum atomic E-state index is -0.349. The van der Waals surface area contributed by atoms with E-state index in [1.54, 1.807) is 6.07 Å². The van der Waals surface area contributed by atoms with Crippen molar-refractivity contribution < 1.29 is 18.7 Å². The number of carbonyl (C=O) groups excluding carboxylic acids is 1. The molecule has 7 nitrogen and oxygen atoms in total. The number of benzene rings is 2. The SMILES string of the molecule is O=C(COc1ccc(F)cc1)Nc1ccc2nc(CN3CCOCC3)[nH]c2c1. The molecule has 0 unspecified atom stereocenters. The Balaban J connectivity index is 1.35. The van der Waals surface area contributed by atoms with Crippen LogP contribution in [0.25, 0.3) is 11.0 Å². The molecule has 0 bridgehead atoms. The van der Waals surface area contributed by atoms with E-state index in [0.29, 0.717) is 11.4 Å². The van der Waals surface area contributed by atoms with Gasteiger partial charge in [0.2, 0.25) is 0 Å². The highest BCUT2D eigenvalue weighted by Crippen LogP contribution is 2.18. The summed E-state index contributed by atoms with van der Waals surface area (Å²) < 4.78 is 23.6. The van der Waals surface area contributed by atoms with E-state index >= 15 is 0 Å². The van der Waals surface area contributed by atoms with Gasteiger partial charge in [0.25, 0.3) is 5.91 Å². The largest absolute Gasteiger partial charge is 0.484 e. The van der Waals surface area contributed by atoms with Crippen molar-refractivity contribution >= 4 is 22.6 Å². The first kappa shape index (κ1) is 18.4. The Morgan fingerprint density at radius 1 is 1.21 bits per heavy atom. The Hall–Kier alpha value is -2.97. The topological polar surface area (TPSA) is 79.5 Å². The first-order valence-electron chi connectivity index (χ1n) is 9.13. The van der Waals surface area contributed by atoms with Gasteiger partial charge < -0.3 is 19.8 Å². The number of anilines is 1. The number of H-pyrrole nitrogens is 1. The van der Waals surface area contributed by atoms with Crippen molar-refractivity contribution in [2.24, 2.45) is 0 Å². The molecule has 0 aliphatic carbocycles. The molecule has 2 aromatic carbocycles. The highest BCUT2D eigenvalue weighted by molar-refractivity contribution is 5.94. The van der Waals surface area contributed by atoms with Crippen LogP contribution in [0, 0.1) is 5.82 Å². The molecule has 28 heavy (non-hydrogen) atoms. The van der Waals surface area contributed by atoms with Gasteiger partial charge in [-0.25, -0.2) is 9.37 Å². The fraction of sp³-hybridized carbons (Fsp3) is 0.300. The molecule has 1 aliphatic rings. The number of carbonyl (C=O) groups is 1. The van der Waals surface area contributed by atoms with Crippen LogP contribution in [0.3, 0.4) is 0 Å². The number of rotatable bonds is 6. The van der Waals surface area contributed by atoms with E-state index in [1.165, 1.54) is 24.3 Å². The van der Waals surface area contributed by atoms with Gasteiger partial charge in [0.05, 0.1) is 30.8 Å². The molecule has 0 radical (unpaired) electrons. The first-order valence-corrected chi connectivity index (χ1v) is 9.13. The number of halogens is 1. The number of morpholine rings is 1. The molecule has 1 aromatic heterocycles. The maximum atomic E-state index is 12.9. The van der Waals surface area contributed by atoms with E-state index in [1.807, 2.05) is 12.1 Å². The molecular formula is C20H21FN4O3. The predicted octanol–water partition coefficient (Wildman–Crippen LogP) is 2.55. The molecule has 0 atom stereocenters. The van der Waals surface area contributed by atoms with Crippen LogP contribution in [0.4, 0.5) is 10.1 Å². The summed E-state index contributed by atoms with van der Waals surface area (Å²) in [6, 6.07) is 11.1. The summed E-state index contributed by atoms with van der Waals surface area (Å²) in [5.74, 6) is 0.683. The van der Waals surface area contributed by atoms with Crippen LogP contribution in [0.2, 0.25) is 0 Å². The lowest BCUT2D eigenvalue weighted by atomic mass is 10.3. The molecule has 4 rings (SSSR count). The average molecular weight is 384 g/mol. The summed E-state index contributed by atoms with van der Waals surface area (Å²) >= 11 is 0. The third-order valence-corrected chi connectivity index (χ3v) is 4.48. The van der Waals surface area contributed by atoms with Crippen molar-refractivity contribution in [3.05, 3.63) is 54.1 Å². The monoisotopic (exact) mass is 384 g/mol. The Morgan fingerprint density at radius 3 is 2.79 bits per heavy atom. The highest BCUT2D eigenvalue weighted by Gasteiger charge is 2.13. The molecule has 0 saturated carbocycles. The minimum Gasteiger partial charge on any atom is -0.484 e. The number of aromatic amines is 1. The summed E-state index contributed by atoms with van der Waals surface area (Å²) in [7, 11) is 0. The van der Waals surface area contributed by atoms with E-state index < -0.39 is 0 Å². The van der Waals surface area contributed by atoms with Crippen LogP contribution < -0.4 is 10.1 Å². The summed E-state index contributed by atoms with van der Waals surface area (Å²) in [6.45, 7) is 3.87. The smallest absolute Gasteiger partial charge is 0.262 e. The zero-order chi connectivity index (χ0) is 19.3. The van der Waals surface area contributed by atoms with E-state index in [0.717, 1.165) is 49.7 Å². The lowest BCUT2D eigenvalue weighted by Gasteiger charge is -2.25. The molecule has 0 spiro atoms. The van der Waals surface area contributed by atoms with Crippen LogP contribution in [0.15, 0.2) is 42.5 Å². The van der Waals surface area contributed by atoms with Gasteiger partial charge in [-0.3, -0.25) is 9.69 Å². The zero-order valence-electron chi connectivity index (χ0n) is 15.3. The van der Waals surface area contributed by atoms with Gasteiger partial charge in [0.15, 0.2) is 6.61 Å². The van der Waals surface area contributed by atoms with E-state index in [2.05, 4.69) is 20.2 Å². The molecule has 2 N–H and O–H groups in total. The molecular weight excluding hydrogens is 363 g/mol. The predicted molar refractivity (Wildman–Crippen MR) is 103 cm³/mol. The minimum absolute atomic E-state index is 0.158. The summed E-state index contributed by atoms with van der Waals surface area (Å²) in [5, 5.41) is 2.79. The van der Waals surface area contributed by atoms with Gasteiger partial charge in [0.1, 0.15) is 17.4 Å². The van der Waals surface area contributed by atoms with Gasteiger partial charge in [0, 0.05) is 18.8 Å².